The van der Waals surface area contributed by atoms with Crippen LogP contribution in [0.1, 0.15) is 31.9 Å². The average molecular weight is 236 g/mol. The lowest BCUT2D eigenvalue weighted by molar-refractivity contribution is 0.242. The topological polar surface area (TPSA) is 33.3 Å². The van der Waals surface area contributed by atoms with Gasteiger partial charge in [-0.1, -0.05) is 12.1 Å². The van der Waals surface area contributed by atoms with Gasteiger partial charge in [0.05, 0.1) is 6.10 Å². The summed E-state index contributed by atoms with van der Waals surface area (Å²) in [6.45, 7) is 5.09. The van der Waals surface area contributed by atoms with Crippen LogP contribution in [0.25, 0.3) is 0 Å². The molecule has 0 aromatic heterocycles. The smallest absolute Gasteiger partial charge is 0.119 e. The standard InChI is InChI=1S/C14H24N2O/c1-11(2)17-13-7-5-12(6-8-13)14(16-4)9-10-15-3/h5-8,11,14-16H,9-10H2,1-4H3. The van der Waals surface area contributed by atoms with Crippen molar-refractivity contribution in [1.29, 1.82) is 0 Å². The number of benzene rings is 1. The molecule has 0 amide bonds. The second-order valence-electron chi connectivity index (χ2n) is 4.47. The quantitative estimate of drug-likeness (QED) is 0.762. The second-order valence-corrected chi connectivity index (χ2v) is 4.47. The Hall–Kier alpha value is -1.06. The Balaban J connectivity index is 2.64. The lowest BCUT2D eigenvalue weighted by Crippen LogP contribution is -2.21. The third-order valence-electron chi connectivity index (χ3n) is 2.69. The van der Waals surface area contributed by atoms with E-state index in [1.54, 1.807) is 0 Å². The molecule has 1 rings (SSSR count). The number of rotatable bonds is 7. The van der Waals surface area contributed by atoms with Gasteiger partial charge in [0.1, 0.15) is 5.75 Å². The molecule has 0 saturated carbocycles. The predicted octanol–water partition coefficient (Wildman–Crippen LogP) is 2.34. The van der Waals surface area contributed by atoms with E-state index in [4.69, 9.17) is 4.74 Å². The van der Waals surface area contributed by atoms with Crippen LogP contribution >= 0.6 is 0 Å². The maximum Gasteiger partial charge on any atom is 0.119 e. The van der Waals surface area contributed by atoms with Gasteiger partial charge < -0.3 is 15.4 Å². The van der Waals surface area contributed by atoms with Gasteiger partial charge in [-0.25, -0.2) is 0 Å². The first-order valence-corrected chi connectivity index (χ1v) is 6.26. The van der Waals surface area contributed by atoms with Crippen molar-refractivity contribution in [3.63, 3.8) is 0 Å². The van der Waals surface area contributed by atoms with Crippen molar-refractivity contribution in [2.24, 2.45) is 0 Å². The molecule has 96 valence electrons. The molecule has 0 radical (unpaired) electrons. The molecule has 17 heavy (non-hydrogen) atoms. The third-order valence-corrected chi connectivity index (χ3v) is 2.69. The van der Waals surface area contributed by atoms with Gasteiger partial charge in [-0.05, 0) is 58.6 Å². The molecule has 1 aromatic carbocycles. The van der Waals surface area contributed by atoms with E-state index in [0.29, 0.717) is 6.04 Å². The Morgan fingerprint density at radius 2 is 1.76 bits per heavy atom. The summed E-state index contributed by atoms with van der Waals surface area (Å²) < 4.78 is 5.63. The molecule has 0 fully saturated rings. The Kier molecular flexibility index (Phi) is 6.01. The van der Waals surface area contributed by atoms with Crippen LogP contribution in [0.3, 0.4) is 0 Å². The van der Waals surface area contributed by atoms with Crippen molar-refractivity contribution >= 4 is 0 Å². The summed E-state index contributed by atoms with van der Waals surface area (Å²) in [5.74, 6) is 0.937. The first-order valence-electron chi connectivity index (χ1n) is 6.26. The summed E-state index contributed by atoms with van der Waals surface area (Å²) >= 11 is 0. The molecule has 1 aromatic rings. The Labute approximate surface area is 105 Å². The summed E-state index contributed by atoms with van der Waals surface area (Å²) in [6, 6.07) is 8.75. The molecular weight excluding hydrogens is 212 g/mol. The molecule has 2 N–H and O–H groups in total. The van der Waals surface area contributed by atoms with Crippen molar-refractivity contribution in [2.75, 3.05) is 20.6 Å². The minimum absolute atomic E-state index is 0.227. The SMILES string of the molecule is CNCCC(NC)c1ccc(OC(C)C)cc1. The summed E-state index contributed by atoms with van der Waals surface area (Å²) in [5.41, 5.74) is 1.30. The fraction of sp³-hybridized carbons (Fsp3) is 0.571. The van der Waals surface area contributed by atoms with Crippen LogP contribution in [-0.4, -0.2) is 26.7 Å². The maximum atomic E-state index is 5.63. The lowest BCUT2D eigenvalue weighted by Gasteiger charge is -2.17. The molecular formula is C14H24N2O. The molecule has 0 aliphatic heterocycles. The van der Waals surface area contributed by atoms with Crippen LogP contribution in [-0.2, 0) is 0 Å². The Morgan fingerprint density at radius 1 is 1.12 bits per heavy atom. The normalized spacial score (nSPS) is 12.8. The van der Waals surface area contributed by atoms with E-state index in [-0.39, 0.29) is 6.10 Å². The monoisotopic (exact) mass is 236 g/mol. The van der Waals surface area contributed by atoms with Gasteiger partial charge in [0.25, 0.3) is 0 Å². The van der Waals surface area contributed by atoms with Crippen molar-refractivity contribution in [1.82, 2.24) is 10.6 Å². The fourth-order valence-electron chi connectivity index (χ4n) is 1.82. The molecule has 1 unspecified atom stereocenters. The Bertz CT molecular complexity index is 309. The van der Waals surface area contributed by atoms with Gasteiger partial charge >= 0.3 is 0 Å². The molecule has 0 aliphatic rings. The second kappa shape index (κ2) is 7.30. The largest absolute Gasteiger partial charge is 0.491 e. The molecule has 1 atom stereocenters. The average Bonchev–Trinajstić information content (AvgIpc) is 2.31. The zero-order valence-electron chi connectivity index (χ0n) is 11.3. The molecule has 0 saturated heterocycles. The van der Waals surface area contributed by atoms with E-state index in [9.17, 15) is 0 Å². The number of ether oxygens (including phenoxy) is 1. The highest BCUT2D eigenvalue weighted by Gasteiger charge is 2.08. The van der Waals surface area contributed by atoms with Crippen LogP contribution in [0, 0.1) is 0 Å². The van der Waals surface area contributed by atoms with Crippen LogP contribution in [0.15, 0.2) is 24.3 Å². The molecule has 3 nitrogen and oxygen atoms in total. The molecule has 0 heterocycles. The van der Waals surface area contributed by atoms with E-state index < -0.39 is 0 Å². The first-order chi connectivity index (χ1) is 8.17. The van der Waals surface area contributed by atoms with Gasteiger partial charge in [-0.15, -0.1) is 0 Å². The summed E-state index contributed by atoms with van der Waals surface area (Å²) in [4.78, 5) is 0. The molecule has 3 heteroatoms. The van der Waals surface area contributed by atoms with Crippen LogP contribution in [0.2, 0.25) is 0 Å². The van der Waals surface area contributed by atoms with Crippen molar-refractivity contribution in [2.45, 2.75) is 32.4 Å². The van der Waals surface area contributed by atoms with E-state index in [1.165, 1.54) is 5.56 Å². The third kappa shape index (κ3) is 4.75. The van der Waals surface area contributed by atoms with E-state index >= 15 is 0 Å². The Morgan fingerprint density at radius 3 is 2.24 bits per heavy atom. The minimum Gasteiger partial charge on any atom is -0.491 e. The molecule has 0 aliphatic carbocycles. The summed E-state index contributed by atoms with van der Waals surface area (Å²) in [7, 11) is 3.98. The number of nitrogens with one attached hydrogen (secondary N) is 2. The van der Waals surface area contributed by atoms with Crippen molar-refractivity contribution in [3.8, 4) is 5.75 Å². The number of hydrogen-bond acceptors (Lipinski definition) is 3. The molecule has 0 bridgehead atoms. The van der Waals surface area contributed by atoms with Gasteiger partial charge in [0, 0.05) is 6.04 Å². The maximum absolute atomic E-state index is 5.63. The highest BCUT2D eigenvalue weighted by Crippen LogP contribution is 2.20. The highest BCUT2D eigenvalue weighted by atomic mass is 16.5. The van der Waals surface area contributed by atoms with Crippen molar-refractivity contribution < 1.29 is 4.74 Å². The predicted molar refractivity (Wildman–Crippen MR) is 72.6 cm³/mol. The van der Waals surface area contributed by atoms with Gasteiger partial charge in [0.15, 0.2) is 0 Å². The number of hydrogen-bond donors (Lipinski definition) is 2. The lowest BCUT2D eigenvalue weighted by atomic mass is 10.0. The van der Waals surface area contributed by atoms with E-state index in [1.807, 2.05) is 40.1 Å². The van der Waals surface area contributed by atoms with Crippen molar-refractivity contribution in [3.05, 3.63) is 29.8 Å². The van der Waals surface area contributed by atoms with Crippen LogP contribution < -0.4 is 15.4 Å². The van der Waals surface area contributed by atoms with E-state index in [2.05, 4.69) is 22.8 Å². The summed E-state index contributed by atoms with van der Waals surface area (Å²) in [5, 5.41) is 6.51. The van der Waals surface area contributed by atoms with Gasteiger partial charge in [0.2, 0.25) is 0 Å². The van der Waals surface area contributed by atoms with Gasteiger partial charge in [-0.2, -0.15) is 0 Å². The fourth-order valence-corrected chi connectivity index (χ4v) is 1.82. The molecule has 0 spiro atoms. The van der Waals surface area contributed by atoms with Crippen LogP contribution in [0.4, 0.5) is 0 Å². The highest BCUT2D eigenvalue weighted by molar-refractivity contribution is 5.29. The minimum atomic E-state index is 0.227. The first kappa shape index (κ1) is 14.0. The van der Waals surface area contributed by atoms with Crippen LogP contribution in [0.5, 0.6) is 5.75 Å². The zero-order chi connectivity index (χ0) is 12.7. The zero-order valence-corrected chi connectivity index (χ0v) is 11.3. The van der Waals surface area contributed by atoms with E-state index in [0.717, 1.165) is 18.7 Å². The summed E-state index contributed by atoms with van der Waals surface area (Å²) in [6.07, 6.45) is 1.31. The van der Waals surface area contributed by atoms with Gasteiger partial charge in [-0.3, -0.25) is 0 Å².